The van der Waals surface area contributed by atoms with E-state index in [4.69, 9.17) is 10.5 Å². The first-order valence-corrected chi connectivity index (χ1v) is 5.88. The zero-order chi connectivity index (χ0) is 13.7. The summed E-state index contributed by atoms with van der Waals surface area (Å²) in [5.41, 5.74) is 2.80. The molecule has 2 rings (SSSR count). The Balaban J connectivity index is 1.97. The van der Waals surface area contributed by atoms with Gasteiger partial charge < -0.3 is 5.32 Å². The third kappa shape index (κ3) is 3.11. The maximum absolute atomic E-state index is 8.94. The lowest BCUT2D eigenvalue weighted by molar-refractivity contribution is 0.767. The molecule has 0 fully saturated rings. The lowest BCUT2D eigenvalue weighted by atomic mass is 10.1. The molecule has 2 aromatic rings. The van der Waals surface area contributed by atoms with Crippen molar-refractivity contribution in [2.45, 2.75) is 6.42 Å². The van der Waals surface area contributed by atoms with Gasteiger partial charge in [-0.05, 0) is 30.2 Å². The summed E-state index contributed by atoms with van der Waals surface area (Å²) in [4.78, 5) is 0. The number of aryl methyl sites for hydroxylation is 1. The molecule has 0 atom stereocenters. The molecule has 1 aromatic carbocycles. The first-order valence-electron chi connectivity index (χ1n) is 5.88. The first kappa shape index (κ1) is 12.7. The molecular formula is C14H13N5. The van der Waals surface area contributed by atoms with Crippen molar-refractivity contribution in [1.29, 1.82) is 10.5 Å². The Kier molecular flexibility index (Phi) is 3.80. The molecule has 0 spiro atoms. The van der Waals surface area contributed by atoms with Crippen LogP contribution in [0.5, 0.6) is 0 Å². The summed E-state index contributed by atoms with van der Waals surface area (Å²) in [5.74, 6) is 0. The van der Waals surface area contributed by atoms with Crippen LogP contribution in [0.15, 0.2) is 30.6 Å². The molecule has 5 nitrogen and oxygen atoms in total. The third-order valence-electron chi connectivity index (χ3n) is 2.76. The monoisotopic (exact) mass is 251 g/mol. The highest BCUT2D eigenvalue weighted by Crippen LogP contribution is 2.14. The number of aromatic nitrogens is 2. The number of nitrogens with one attached hydrogen (secondary N) is 1. The van der Waals surface area contributed by atoms with Crippen LogP contribution >= 0.6 is 0 Å². The van der Waals surface area contributed by atoms with Crippen LogP contribution in [0, 0.1) is 22.7 Å². The van der Waals surface area contributed by atoms with Crippen molar-refractivity contribution in [3.63, 3.8) is 0 Å². The standard InChI is InChI=1S/C14H13N5/c1-19-10-11(9-18-19)4-5-17-14-3-2-12(7-15)13(6-14)8-16/h2-3,6,9-10,17H,4-5H2,1H3. The zero-order valence-electron chi connectivity index (χ0n) is 10.6. The molecule has 0 aliphatic carbocycles. The maximum atomic E-state index is 8.94. The van der Waals surface area contributed by atoms with Crippen LogP contribution in [0.2, 0.25) is 0 Å². The van der Waals surface area contributed by atoms with Gasteiger partial charge in [0.1, 0.15) is 12.1 Å². The average Bonchev–Trinajstić information content (AvgIpc) is 2.84. The molecule has 5 heteroatoms. The molecule has 0 unspecified atom stereocenters. The second-order valence-corrected chi connectivity index (χ2v) is 4.18. The molecule has 0 bridgehead atoms. The van der Waals surface area contributed by atoms with Crippen LogP contribution in [0.4, 0.5) is 5.69 Å². The van der Waals surface area contributed by atoms with Gasteiger partial charge in [0, 0.05) is 25.5 Å². The Hall–Kier alpha value is -2.79. The van der Waals surface area contributed by atoms with E-state index in [1.54, 1.807) is 16.8 Å². The van der Waals surface area contributed by atoms with E-state index in [-0.39, 0.29) is 0 Å². The summed E-state index contributed by atoms with van der Waals surface area (Å²) in [6.45, 7) is 0.752. The molecule has 1 aromatic heterocycles. The van der Waals surface area contributed by atoms with Gasteiger partial charge in [0.15, 0.2) is 0 Å². The van der Waals surface area contributed by atoms with Gasteiger partial charge in [-0.25, -0.2) is 0 Å². The van der Waals surface area contributed by atoms with Crippen molar-refractivity contribution in [3.05, 3.63) is 47.3 Å². The highest BCUT2D eigenvalue weighted by Gasteiger charge is 2.02. The van der Waals surface area contributed by atoms with Gasteiger partial charge in [0.25, 0.3) is 0 Å². The Morgan fingerprint density at radius 3 is 2.68 bits per heavy atom. The third-order valence-corrected chi connectivity index (χ3v) is 2.76. The van der Waals surface area contributed by atoms with Gasteiger partial charge in [-0.3, -0.25) is 4.68 Å². The normalized spacial score (nSPS) is 9.63. The van der Waals surface area contributed by atoms with Crippen LogP contribution < -0.4 is 5.32 Å². The van der Waals surface area contributed by atoms with E-state index in [0.717, 1.165) is 24.2 Å². The maximum Gasteiger partial charge on any atom is 0.101 e. The van der Waals surface area contributed by atoms with Crippen LogP contribution in [0.3, 0.4) is 0 Å². The molecule has 94 valence electrons. The topological polar surface area (TPSA) is 77.4 Å². The van der Waals surface area contributed by atoms with Crippen LogP contribution in [0.1, 0.15) is 16.7 Å². The van der Waals surface area contributed by atoms with Gasteiger partial charge in [-0.15, -0.1) is 0 Å². The van der Waals surface area contributed by atoms with Crippen molar-refractivity contribution in [2.24, 2.45) is 7.05 Å². The highest BCUT2D eigenvalue weighted by molar-refractivity contribution is 5.56. The van der Waals surface area contributed by atoms with Crippen molar-refractivity contribution >= 4 is 5.69 Å². The second kappa shape index (κ2) is 5.70. The number of hydrogen-bond donors (Lipinski definition) is 1. The van der Waals surface area contributed by atoms with Gasteiger partial charge in [0.05, 0.1) is 17.3 Å². The smallest absolute Gasteiger partial charge is 0.101 e. The number of nitrogens with zero attached hydrogens (tertiary/aromatic N) is 4. The summed E-state index contributed by atoms with van der Waals surface area (Å²) in [5, 5.41) is 25.1. The Morgan fingerprint density at radius 2 is 2.05 bits per heavy atom. The van der Waals surface area contributed by atoms with E-state index in [1.165, 1.54) is 0 Å². The molecule has 1 heterocycles. The molecule has 0 saturated heterocycles. The Labute approximate surface area is 111 Å². The number of nitriles is 2. The largest absolute Gasteiger partial charge is 0.385 e. The summed E-state index contributed by atoms with van der Waals surface area (Å²) in [7, 11) is 1.89. The Morgan fingerprint density at radius 1 is 1.26 bits per heavy atom. The minimum atomic E-state index is 0.397. The molecule has 1 N–H and O–H groups in total. The minimum Gasteiger partial charge on any atom is -0.385 e. The lowest BCUT2D eigenvalue weighted by Gasteiger charge is -2.06. The van der Waals surface area contributed by atoms with Crippen molar-refractivity contribution in [1.82, 2.24) is 9.78 Å². The van der Waals surface area contributed by atoms with Gasteiger partial charge in [0.2, 0.25) is 0 Å². The van der Waals surface area contributed by atoms with Crippen LogP contribution in [-0.4, -0.2) is 16.3 Å². The average molecular weight is 251 g/mol. The van der Waals surface area contributed by atoms with E-state index in [0.29, 0.717) is 11.1 Å². The van der Waals surface area contributed by atoms with E-state index in [9.17, 15) is 0 Å². The molecule has 0 aliphatic rings. The molecule has 0 saturated carbocycles. The quantitative estimate of drug-likeness (QED) is 0.899. The summed E-state index contributed by atoms with van der Waals surface area (Å²) in [6, 6.07) is 9.18. The van der Waals surface area contributed by atoms with Gasteiger partial charge in [-0.1, -0.05) is 0 Å². The second-order valence-electron chi connectivity index (χ2n) is 4.18. The Bertz CT molecular complexity index is 657. The van der Waals surface area contributed by atoms with Crippen molar-refractivity contribution < 1.29 is 0 Å². The predicted molar refractivity (Wildman–Crippen MR) is 71.3 cm³/mol. The van der Waals surface area contributed by atoms with Gasteiger partial charge >= 0.3 is 0 Å². The number of anilines is 1. The molecule has 0 aliphatic heterocycles. The number of rotatable bonds is 4. The summed E-state index contributed by atoms with van der Waals surface area (Å²) < 4.78 is 1.77. The van der Waals surface area contributed by atoms with E-state index < -0.39 is 0 Å². The molecular weight excluding hydrogens is 238 g/mol. The highest BCUT2D eigenvalue weighted by atomic mass is 15.2. The molecule has 19 heavy (non-hydrogen) atoms. The van der Waals surface area contributed by atoms with E-state index in [1.807, 2.05) is 37.6 Å². The van der Waals surface area contributed by atoms with Crippen molar-refractivity contribution in [3.8, 4) is 12.1 Å². The fourth-order valence-electron chi connectivity index (χ4n) is 1.80. The SMILES string of the molecule is Cn1cc(CCNc2ccc(C#N)c(C#N)c2)cn1. The summed E-state index contributed by atoms with van der Waals surface area (Å²) >= 11 is 0. The van der Waals surface area contributed by atoms with Crippen LogP contribution in [0.25, 0.3) is 0 Å². The van der Waals surface area contributed by atoms with E-state index in [2.05, 4.69) is 10.4 Å². The number of hydrogen-bond acceptors (Lipinski definition) is 4. The zero-order valence-corrected chi connectivity index (χ0v) is 10.6. The molecule has 0 amide bonds. The summed E-state index contributed by atoms with van der Waals surface area (Å²) in [6.07, 6.45) is 4.66. The fraction of sp³-hybridized carbons (Fsp3) is 0.214. The number of benzene rings is 1. The lowest BCUT2D eigenvalue weighted by Crippen LogP contribution is -2.04. The van der Waals surface area contributed by atoms with Crippen molar-refractivity contribution in [2.75, 3.05) is 11.9 Å². The van der Waals surface area contributed by atoms with E-state index >= 15 is 0 Å². The fourth-order valence-corrected chi connectivity index (χ4v) is 1.80. The first-order chi connectivity index (χ1) is 9.22. The molecule has 0 radical (unpaired) electrons. The predicted octanol–water partition coefficient (Wildman–Crippen LogP) is 1.82. The minimum absolute atomic E-state index is 0.397. The van der Waals surface area contributed by atoms with Crippen LogP contribution in [-0.2, 0) is 13.5 Å². The van der Waals surface area contributed by atoms with Gasteiger partial charge in [-0.2, -0.15) is 15.6 Å².